The van der Waals surface area contributed by atoms with Crippen LogP contribution in [0.25, 0.3) is 16.2 Å². The molecule has 0 saturated carbocycles. The summed E-state index contributed by atoms with van der Waals surface area (Å²) >= 11 is 1.50. The molecular weight excluding hydrogens is 308 g/mol. The molecule has 0 radical (unpaired) electrons. The van der Waals surface area contributed by atoms with E-state index in [-0.39, 0.29) is 6.42 Å². The number of carboxylic acid groups (broad SMARTS) is 1. The molecule has 1 aliphatic rings. The first kappa shape index (κ1) is 14.5. The van der Waals surface area contributed by atoms with E-state index in [1.54, 1.807) is 0 Å². The highest BCUT2D eigenvalue weighted by Gasteiger charge is 2.18. The number of hydrogen-bond donors (Lipinski definition) is 1. The summed E-state index contributed by atoms with van der Waals surface area (Å²) in [6.45, 7) is 2.02. The van der Waals surface area contributed by atoms with Crippen molar-refractivity contribution in [2.24, 2.45) is 0 Å². The van der Waals surface area contributed by atoms with Gasteiger partial charge in [-0.25, -0.2) is 4.98 Å². The van der Waals surface area contributed by atoms with Gasteiger partial charge in [0.1, 0.15) is 0 Å². The predicted octanol–water partition coefficient (Wildman–Crippen LogP) is 3.88. The minimum absolute atomic E-state index is 0.0286. The number of aromatic nitrogens is 2. The molecular formula is C18H18N2O2S. The van der Waals surface area contributed by atoms with Crippen LogP contribution >= 0.6 is 11.3 Å². The van der Waals surface area contributed by atoms with Gasteiger partial charge in [0.15, 0.2) is 4.96 Å². The number of thiazole rings is 1. The highest BCUT2D eigenvalue weighted by molar-refractivity contribution is 7.15. The average molecular weight is 326 g/mol. The van der Waals surface area contributed by atoms with Crippen molar-refractivity contribution < 1.29 is 9.90 Å². The quantitative estimate of drug-likeness (QED) is 0.795. The Kier molecular flexibility index (Phi) is 3.45. The zero-order valence-electron chi connectivity index (χ0n) is 13.0. The lowest BCUT2D eigenvalue weighted by atomic mass is 9.90. The van der Waals surface area contributed by atoms with Crippen LogP contribution in [0.1, 0.15) is 35.4 Å². The highest BCUT2D eigenvalue weighted by atomic mass is 32.1. The molecule has 0 aliphatic heterocycles. The molecule has 0 saturated heterocycles. The molecule has 1 N–H and O–H groups in total. The maximum atomic E-state index is 11.0. The summed E-state index contributed by atoms with van der Waals surface area (Å²) in [6.07, 6.45) is 4.89. The Balaban J connectivity index is 1.81. The third-order valence-electron chi connectivity index (χ3n) is 4.62. The van der Waals surface area contributed by atoms with Crippen molar-refractivity contribution in [3.63, 3.8) is 0 Å². The standard InChI is InChI=1S/C18H18N2O2S/c1-11-17(14-7-6-12-4-2-3-5-13(12)8-14)19-18-20(11)15(10-23-18)9-16(21)22/h6-8,10H,2-5,9H2,1H3,(H,21,22). The minimum Gasteiger partial charge on any atom is -0.481 e. The van der Waals surface area contributed by atoms with E-state index >= 15 is 0 Å². The van der Waals surface area contributed by atoms with Crippen molar-refractivity contribution in [1.29, 1.82) is 0 Å². The number of hydrogen-bond acceptors (Lipinski definition) is 3. The number of nitrogens with zero attached hydrogens (tertiary/aromatic N) is 2. The van der Waals surface area contributed by atoms with E-state index in [4.69, 9.17) is 10.1 Å². The molecule has 0 bridgehead atoms. The van der Waals surface area contributed by atoms with E-state index in [2.05, 4.69) is 18.2 Å². The fourth-order valence-corrected chi connectivity index (χ4v) is 4.43. The fraction of sp³-hybridized carbons (Fsp3) is 0.333. The number of fused-ring (bicyclic) bond motifs is 2. The SMILES string of the molecule is Cc1c(-c2ccc3c(c2)CCCC3)nc2scc(CC(=O)O)n12. The number of aliphatic carboxylic acids is 1. The van der Waals surface area contributed by atoms with Crippen molar-refractivity contribution in [2.45, 2.75) is 39.0 Å². The third-order valence-corrected chi connectivity index (χ3v) is 5.49. The second-order valence-electron chi connectivity index (χ2n) is 6.15. The van der Waals surface area contributed by atoms with E-state index in [9.17, 15) is 4.79 Å². The van der Waals surface area contributed by atoms with Gasteiger partial charge in [-0.1, -0.05) is 12.1 Å². The molecule has 4 nitrogen and oxygen atoms in total. The van der Waals surface area contributed by atoms with Crippen LogP contribution in [0.2, 0.25) is 0 Å². The molecule has 4 rings (SSSR count). The summed E-state index contributed by atoms with van der Waals surface area (Å²) in [5.41, 5.74) is 6.83. The van der Waals surface area contributed by atoms with E-state index < -0.39 is 5.97 Å². The molecule has 23 heavy (non-hydrogen) atoms. The summed E-state index contributed by atoms with van der Waals surface area (Å²) < 4.78 is 1.98. The van der Waals surface area contributed by atoms with Crippen LogP contribution in [0.4, 0.5) is 0 Å². The Hall–Kier alpha value is -2.14. The average Bonchev–Trinajstić information content (AvgIpc) is 3.08. The van der Waals surface area contributed by atoms with E-state index in [0.29, 0.717) is 0 Å². The van der Waals surface area contributed by atoms with Gasteiger partial charge in [0.2, 0.25) is 0 Å². The molecule has 0 unspecified atom stereocenters. The number of carbonyl (C=O) groups is 1. The highest BCUT2D eigenvalue weighted by Crippen LogP contribution is 2.31. The molecule has 3 aromatic rings. The van der Waals surface area contributed by atoms with Crippen LogP contribution in [-0.4, -0.2) is 20.5 Å². The van der Waals surface area contributed by atoms with Gasteiger partial charge in [-0.3, -0.25) is 9.20 Å². The minimum atomic E-state index is -0.812. The zero-order valence-corrected chi connectivity index (χ0v) is 13.8. The van der Waals surface area contributed by atoms with Crippen LogP contribution in [-0.2, 0) is 24.1 Å². The topological polar surface area (TPSA) is 54.6 Å². The third kappa shape index (κ3) is 2.45. The largest absolute Gasteiger partial charge is 0.481 e. The van der Waals surface area contributed by atoms with Crippen LogP contribution in [0.15, 0.2) is 23.6 Å². The molecule has 2 aromatic heterocycles. The fourth-order valence-electron chi connectivity index (χ4n) is 3.50. The van der Waals surface area contributed by atoms with Crippen LogP contribution in [0.3, 0.4) is 0 Å². The van der Waals surface area contributed by atoms with Gasteiger partial charge in [-0.15, -0.1) is 11.3 Å². The lowest BCUT2D eigenvalue weighted by molar-refractivity contribution is -0.136. The zero-order chi connectivity index (χ0) is 16.0. The van der Waals surface area contributed by atoms with E-state index in [1.165, 1.54) is 41.7 Å². The van der Waals surface area contributed by atoms with Gasteiger partial charge in [0.25, 0.3) is 0 Å². The van der Waals surface area contributed by atoms with Crippen molar-refractivity contribution >= 4 is 22.3 Å². The van der Waals surface area contributed by atoms with Crippen molar-refractivity contribution in [3.05, 3.63) is 46.1 Å². The summed E-state index contributed by atoms with van der Waals surface area (Å²) in [4.78, 5) is 16.6. The number of imidazole rings is 1. The van der Waals surface area contributed by atoms with E-state index in [0.717, 1.165) is 34.0 Å². The van der Waals surface area contributed by atoms with Crippen LogP contribution in [0.5, 0.6) is 0 Å². The Bertz CT molecular complexity index is 907. The van der Waals surface area contributed by atoms with Gasteiger partial charge in [0.05, 0.1) is 12.1 Å². The molecule has 0 fully saturated rings. The van der Waals surface area contributed by atoms with Gasteiger partial charge in [0, 0.05) is 22.3 Å². The lowest BCUT2D eigenvalue weighted by Crippen LogP contribution is -2.04. The first-order chi connectivity index (χ1) is 11.1. The van der Waals surface area contributed by atoms with Gasteiger partial charge in [-0.2, -0.15) is 0 Å². The summed E-state index contributed by atoms with van der Waals surface area (Å²) in [7, 11) is 0. The summed E-state index contributed by atoms with van der Waals surface area (Å²) in [6, 6.07) is 6.65. The van der Waals surface area contributed by atoms with Gasteiger partial charge >= 0.3 is 5.97 Å². The van der Waals surface area contributed by atoms with E-state index in [1.807, 2.05) is 16.7 Å². The molecule has 1 aromatic carbocycles. The van der Waals surface area contributed by atoms with Crippen molar-refractivity contribution in [1.82, 2.24) is 9.38 Å². The Morgan fingerprint density at radius 3 is 2.87 bits per heavy atom. The number of benzene rings is 1. The molecule has 1 aliphatic carbocycles. The first-order valence-electron chi connectivity index (χ1n) is 7.93. The summed E-state index contributed by atoms with van der Waals surface area (Å²) in [5, 5.41) is 11.0. The molecule has 118 valence electrons. The second-order valence-corrected chi connectivity index (χ2v) is 6.99. The van der Waals surface area contributed by atoms with Gasteiger partial charge in [-0.05, 0) is 49.8 Å². The number of carboxylic acids is 1. The molecule has 5 heteroatoms. The van der Waals surface area contributed by atoms with Crippen LogP contribution in [0, 0.1) is 6.92 Å². The Morgan fingerprint density at radius 1 is 1.30 bits per heavy atom. The Morgan fingerprint density at radius 2 is 2.09 bits per heavy atom. The normalized spacial score (nSPS) is 14.1. The number of aryl methyl sites for hydroxylation is 3. The number of rotatable bonds is 3. The predicted molar refractivity (Wildman–Crippen MR) is 91.2 cm³/mol. The van der Waals surface area contributed by atoms with Crippen molar-refractivity contribution in [2.75, 3.05) is 0 Å². The van der Waals surface area contributed by atoms with Gasteiger partial charge < -0.3 is 5.11 Å². The Labute approximate surface area is 138 Å². The molecule has 0 amide bonds. The maximum Gasteiger partial charge on any atom is 0.309 e. The van der Waals surface area contributed by atoms with Crippen molar-refractivity contribution in [3.8, 4) is 11.3 Å². The first-order valence-corrected chi connectivity index (χ1v) is 8.81. The smallest absolute Gasteiger partial charge is 0.309 e. The summed E-state index contributed by atoms with van der Waals surface area (Å²) in [5.74, 6) is -0.812. The molecule has 2 heterocycles. The molecule has 0 atom stereocenters. The van der Waals surface area contributed by atoms with Crippen LogP contribution < -0.4 is 0 Å². The monoisotopic (exact) mass is 326 g/mol. The second kappa shape index (κ2) is 5.49. The molecule has 0 spiro atoms. The maximum absolute atomic E-state index is 11.0. The lowest BCUT2D eigenvalue weighted by Gasteiger charge is -2.16.